The molecule has 0 aliphatic heterocycles. The van der Waals surface area contributed by atoms with Crippen LogP contribution in [0, 0.1) is 11.7 Å². The van der Waals surface area contributed by atoms with Gasteiger partial charge in [-0.25, -0.2) is 9.18 Å². The van der Waals surface area contributed by atoms with Crippen LogP contribution in [0.25, 0.3) is 0 Å². The number of aliphatic hydroxyl groups excluding tert-OH is 1. The smallest absolute Gasteiger partial charge is 0.315 e. The van der Waals surface area contributed by atoms with Crippen molar-refractivity contribution in [1.82, 2.24) is 10.6 Å². The third-order valence-electron chi connectivity index (χ3n) is 2.65. The van der Waals surface area contributed by atoms with Gasteiger partial charge in [0.1, 0.15) is 5.82 Å². The minimum atomic E-state index is -0.462. The fraction of sp³-hybridized carbons (Fsp3) is 0.462. The van der Waals surface area contributed by atoms with Crippen LogP contribution in [-0.2, 0) is 0 Å². The maximum absolute atomic E-state index is 13.9. The highest BCUT2D eigenvalue weighted by Gasteiger charge is 2.21. The van der Waals surface area contributed by atoms with Gasteiger partial charge >= 0.3 is 6.03 Å². The first kappa shape index (κ1) is 15.7. The molecule has 1 rings (SSSR count). The Morgan fingerprint density at radius 3 is 2.68 bits per heavy atom. The standard InChI is InChI=1S/C13H18ClFN2O2/c1-8(2)12(17-13(19)16-5-6-18)10-4-3-9(14)7-11(10)15/h3-4,7-8,12,18H,5-6H2,1-2H3,(H2,16,17,19). The van der Waals surface area contributed by atoms with Crippen LogP contribution in [-0.4, -0.2) is 24.3 Å². The largest absolute Gasteiger partial charge is 0.395 e. The predicted molar refractivity (Wildman–Crippen MR) is 72.6 cm³/mol. The molecule has 0 saturated heterocycles. The predicted octanol–water partition coefficient (Wildman–Crippen LogP) is 2.47. The second-order valence-corrected chi connectivity index (χ2v) is 4.95. The summed E-state index contributed by atoms with van der Waals surface area (Å²) in [4.78, 5) is 11.6. The lowest BCUT2D eigenvalue weighted by atomic mass is 9.96. The van der Waals surface area contributed by atoms with Crippen molar-refractivity contribution in [3.05, 3.63) is 34.6 Å². The first-order valence-electron chi connectivity index (χ1n) is 6.06. The number of halogens is 2. The lowest BCUT2D eigenvalue weighted by Gasteiger charge is -2.23. The summed E-state index contributed by atoms with van der Waals surface area (Å²) in [5.74, 6) is -0.441. The molecule has 1 unspecified atom stereocenters. The van der Waals surface area contributed by atoms with Crippen molar-refractivity contribution < 1.29 is 14.3 Å². The molecule has 2 amide bonds. The molecule has 19 heavy (non-hydrogen) atoms. The number of benzene rings is 1. The molecule has 0 heterocycles. The van der Waals surface area contributed by atoms with Crippen molar-refractivity contribution in [2.45, 2.75) is 19.9 Å². The number of rotatable bonds is 5. The maximum Gasteiger partial charge on any atom is 0.315 e. The molecule has 0 aromatic heterocycles. The molecule has 1 aromatic rings. The quantitative estimate of drug-likeness (QED) is 0.779. The molecule has 0 bridgehead atoms. The van der Waals surface area contributed by atoms with Crippen molar-refractivity contribution in [2.24, 2.45) is 5.92 Å². The molecule has 3 N–H and O–H groups in total. The number of carbonyl (C=O) groups excluding carboxylic acids is 1. The van der Waals surface area contributed by atoms with Gasteiger partial charge in [0.15, 0.2) is 0 Å². The topological polar surface area (TPSA) is 61.4 Å². The number of amides is 2. The van der Waals surface area contributed by atoms with Crippen LogP contribution < -0.4 is 10.6 Å². The second kappa shape index (κ2) is 7.31. The monoisotopic (exact) mass is 288 g/mol. The molecule has 1 atom stereocenters. The number of aliphatic hydroxyl groups is 1. The lowest BCUT2D eigenvalue weighted by Crippen LogP contribution is -2.41. The number of urea groups is 1. The minimum Gasteiger partial charge on any atom is -0.395 e. The molecule has 0 aliphatic carbocycles. The molecule has 0 saturated carbocycles. The SMILES string of the molecule is CC(C)C(NC(=O)NCCO)c1ccc(Cl)cc1F. The average molecular weight is 289 g/mol. The number of hydrogen-bond acceptors (Lipinski definition) is 2. The van der Waals surface area contributed by atoms with Crippen LogP contribution >= 0.6 is 11.6 Å². The Kier molecular flexibility index (Phi) is 6.05. The Balaban J connectivity index is 2.85. The molecule has 0 aliphatic rings. The highest BCUT2D eigenvalue weighted by atomic mass is 35.5. The van der Waals surface area contributed by atoms with E-state index in [9.17, 15) is 9.18 Å². The van der Waals surface area contributed by atoms with E-state index in [1.807, 2.05) is 13.8 Å². The van der Waals surface area contributed by atoms with Gasteiger partial charge < -0.3 is 15.7 Å². The highest BCUT2D eigenvalue weighted by molar-refractivity contribution is 6.30. The molecule has 4 nitrogen and oxygen atoms in total. The van der Waals surface area contributed by atoms with Crippen molar-refractivity contribution >= 4 is 17.6 Å². The summed E-state index contributed by atoms with van der Waals surface area (Å²) >= 11 is 5.71. The first-order chi connectivity index (χ1) is 8.95. The Hall–Kier alpha value is -1.33. The fourth-order valence-electron chi connectivity index (χ4n) is 1.72. The Bertz CT molecular complexity index is 441. The number of hydrogen-bond donors (Lipinski definition) is 3. The van der Waals surface area contributed by atoms with Crippen LogP contribution in [0.3, 0.4) is 0 Å². The van der Waals surface area contributed by atoms with E-state index in [1.54, 1.807) is 12.1 Å². The van der Waals surface area contributed by atoms with Crippen LogP contribution in [0.2, 0.25) is 5.02 Å². The summed E-state index contributed by atoms with van der Waals surface area (Å²) < 4.78 is 13.9. The number of nitrogens with one attached hydrogen (secondary N) is 2. The molecule has 0 spiro atoms. The van der Waals surface area contributed by atoms with Gasteiger partial charge in [-0.05, 0) is 18.1 Å². The van der Waals surface area contributed by atoms with Gasteiger partial charge in [-0.2, -0.15) is 0 Å². The van der Waals surface area contributed by atoms with Crippen LogP contribution in [0.1, 0.15) is 25.5 Å². The Morgan fingerprint density at radius 2 is 2.16 bits per heavy atom. The molecule has 6 heteroatoms. The van der Waals surface area contributed by atoms with Gasteiger partial charge in [0, 0.05) is 17.1 Å². The zero-order valence-corrected chi connectivity index (χ0v) is 11.7. The zero-order chi connectivity index (χ0) is 14.4. The summed E-state index contributed by atoms with van der Waals surface area (Å²) in [6.07, 6.45) is 0. The third kappa shape index (κ3) is 4.69. The Labute approximate surface area is 117 Å². The van der Waals surface area contributed by atoms with E-state index >= 15 is 0 Å². The van der Waals surface area contributed by atoms with Crippen LogP contribution in [0.5, 0.6) is 0 Å². The first-order valence-corrected chi connectivity index (χ1v) is 6.43. The summed E-state index contributed by atoms with van der Waals surface area (Å²) in [7, 11) is 0. The molecular formula is C13H18ClFN2O2. The van der Waals surface area contributed by atoms with Crippen molar-refractivity contribution in [3.8, 4) is 0 Å². The normalized spacial score (nSPS) is 12.3. The van der Waals surface area contributed by atoms with Crippen molar-refractivity contribution in [2.75, 3.05) is 13.2 Å². The zero-order valence-electron chi connectivity index (χ0n) is 10.9. The van der Waals surface area contributed by atoms with E-state index in [4.69, 9.17) is 16.7 Å². The number of carbonyl (C=O) groups is 1. The van der Waals surface area contributed by atoms with Gasteiger partial charge in [0.25, 0.3) is 0 Å². The fourth-order valence-corrected chi connectivity index (χ4v) is 1.88. The summed E-state index contributed by atoms with van der Waals surface area (Å²) in [5.41, 5.74) is 0.388. The third-order valence-corrected chi connectivity index (χ3v) is 2.88. The summed E-state index contributed by atoms with van der Waals surface area (Å²) in [6, 6.07) is 3.47. The average Bonchev–Trinajstić information content (AvgIpc) is 2.34. The van der Waals surface area contributed by atoms with E-state index in [1.165, 1.54) is 6.07 Å². The highest BCUT2D eigenvalue weighted by Crippen LogP contribution is 2.26. The Morgan fingerprint density at radius 1 is 1.47 bits per heavy atom. The van der Waals surface area contributed by atoms with E-state index in [0.29, 0.717) is 10.6 Å². The maximum atomic E-state index is 13.9. The van der Waals surface area contributed by atoms with E-state index < -0.39 is 17.9 Å². The molecular weight excluding hydrogens is 271 g/mol. The van der Waals surface area contributed by atoms with Crippen molar-refractivity contribution in [1.29, 1.82) is 0 Å². The molecule has 0 fully saturated rings. The molecule has 0 radical (unpaired) electrons. The van der Waals surface area contributed by atoms with Gasteiger partial charge in [0.05, 0.1) is 12.6 Å². The summed E-state index contributed by atoms with van der Waals surface area (Å²) in [6.45, 7) is 3.77. The van der Waals surface area contributed by atoms with Gasteiger partial charge in [-0.1, -0.05) is 31.5 Å². The van der Waals surface area contributed by atoms with Gasteiger partial charge in [-0.3, -0.25) is 0 Å². The van der Waals surface area contributed by atoms with E-state index in [-0.39, 0.29) is 19.1 Å². The molecule has 1 aromatic carbocycles. The van der Waals surface area contributed by atoms with Crippen molar-refractivity contribution in [3.63, 3.8) is 0 Å². The van der Waals surface area contributed by atoms with E-state index in [0.717, 1.165) is 0 Å². The van der Waals surface area contributed by atoms with Gasteiger partial charge in [0.2, 0.25) is 0 Å². The van der Waals surface area contributed by atoms with Crippen LogP contribution in [0.15, 0.2) is 18.2 Å². The van der Waals surface area contributed by atoms with Gasteiger partial charge in [-0.15, -0.1) is 0 Å². The van der Waals surface area contributed by atoms with E-state index in [2.05, 4.69) is 10.6 Å². The summed E-state index contributed by atoms with van der Waals surface area (Å²) in [5, 5.41) is 14.1. The minimum absolute atomic E-state index is 0.00977. The second-order valence-electron chi connectivity index (χ2n) is 4.51. The molecule has 106 valence electrons. The lowest BCUT2D eigenvalue weighted by molar-refractivity contribution is 0.226. The van der Waals surface area contributed by atoms with Crippen LogP contribution in [0.4, 0.5) is 9.18 Å².